The second kappa shape index (κ2) is 9.35. The zero-order chi connectivity index (χ0) is 29.5. The van der Waals surface area contributed by atoms with Gasteiger partial charge in [-0.05, 0) is 31.4 Å². The van der Waals surface area contributed by atoms with Gasteiger partial charge in [-0.25, -0.2) is 0 Å². The van der Waals surface area contributed by atoms with Gasteiger partial charge in [0.1, 0.15) is 6.10 Å². The van der Waals surface area contributed by atoms with E-state index in [-0.39, 0.29) is 11.1 Å². The molecule has 4 aliphatic carbocycles. The van der Waals surface area contributed by atoms with Crippen LogP contribution < -0.4 is 0 Å². The van der Waals surface area contributed by atoms with Crippen LogP contribution in [0, 0.1) is 40.9 Å². The molecule has 4 rings (SSSR count). The van der Waals surface area contributed by atoms with Crippen molar-refractivity contribution in [3.63, 3.8) is 0 Å². The molecular weight excluding hydrogens is 504 g/mol. The summed E-state index contributed by atoms with van der Waals surface area (Å²) in [6.07, 6.45) is 2.39. The van der Waals surface area contributed by atoms with Crippen LogP contribution in [0.5, 0.6) is 0 Å². The third-order valence-electron chi connectivity index (χ3n) is 10.4. The van der Waals surface area contributed by atoms with Crippen LogP contribution in [-0.4, -0.2) is 68.3 Å². The average Bonchev–Trinajstić information content (AvgIpc) is 3.30. The van der Waals surface area contributed by atoms with Crippen molar-refractivity contribution >= 4 is 23.5 Å². The van der Waals surface area contributed by atoms with Crippen LogP contribution in [0.25, 0.3) is 0 Å². The number of ketones is 2. The van der Waals surface area contributed by atoms with Crippen LogP contribution in [0.1, 0.15) is 68.2 Å². The molecule has 0 aromatic rings. The maximum atomic E-state index is 14.1. The smallest absolute Gasteiger partial charge is 0.309 e. The van der Waals surface area contributed by atoms with Gasteiger partial charge in [-0.15, -0.1) is 0 Å². The van der Waals surface area contributed by atoms with Gasteiger partial charge in [0.05, 0.1) is 30.0 Å². The SMILES string of the molecule is CC[C@H](C)C(=O)O[C@@H]1[C@@H](C)[C@@]2(O)[C@@H](C(=O)C(CO)=C[C@]3(O)C(=O)C(C)=C[C@@H]23)[C@@H]2C(C)(C)[C@]12OC(=O)[C@@H](C)CC. The Bertz CT molecular complexity index is 1170. The predicted molar refractivity (Wildman–Crippen MR) is 140 cm³/mol. The van der Waals surface area contributed by atoms with Crippen LogP contribution in [0.3, 0.4) is 0 Å². The van der Waals surface area contributed by atoms with Crippen molar-refractivity contribution in [1.29, 1.82) is 0 Å². The molecule has 9 heteroatoms. The normalized spacial score (nSPS) is 41.7. The lowest BCUT2D eigenvalue weighted by atomic mass is 9.58. The van der Waals surface area contributed by atoms with Crippen LogP contribution >= 0.6 is 0 Å². The molecule has 0 aromatic carbocycles. The van der Waals surface area contributed by atoms with E-state index in [9.17, 15) is 34.5 Å². The molecule has 39 heavy (non-hydrogen) atoms. The van der Waals surface area contributed by atoms with E-state index in [4.69, 9.17) is 9.47 Å². The summed E-state index contributed by atoms with van der Waals surface area (Å²) < 4.78 is 12.3. The average molecular weight is 547 g/mol. The summed E-state index contributed by atoms with van der Waals surface area (Å²) in [6.45, 7) is 13.1. The Morgan fingerprint density at radius 2 is 1.62 bits per heavy atom. The van der Waals surface area contributed by atoms with Gasteiger partial charge < -0.3 is 24.8 Å². The molecule has 0 aromatic heterocycles. The summed E-state index contributed by atoms with van der Waals surface area (Å²) in [4.78, 5) is 53.7. The zero-order valence-electron chi connectivity index (χ0n) is 24.1. The minimum Gasteiger partial charge on any atom is -0.457 e. The van der Waals surface area contributed by atoms with E-state index in [1.165, 1.54) is 13.0 Å². The number of carbonyl (C=O) groups is 4. The number of aliphatic hydroxyl groups is 3. The topological polar surface area (TPSA) is 147 Å². The van der Waals surface area contributed by atoms with Gasteiger partial charge in [-0.3, -0.25) is 19.2 Å². The van der Waals surface area contributed by atoms with Gasteiger partial charge in [-0.2, -0.15) is 0 Å². The summed E-state index contributed by atoms with van der Waals surface area (Å²) in [7, 11) is 0. The first-order chi connectivity index (χ1) is 18.0. The number of carbonyl (C=O) groups excluding carboxylic acids is 4. The lowest BCUT2D eigenvalue weighted by Crippen LogP contribution is -2.67. The Labute approximate surface area is 229 Å². The molecule has 10 atom stereocenters. The second-order valence-corrected chi connectivity index (χ2v) is 12.7. The van der Waals surface area contributed by atoms with E-state index in [0.717, 1.165) is 6.08 Å². The summed E-state index contributed by atoms with van der Waals surface area (Å²) >= 11 is 0. The number of rotatable bonds is 7. The van der Waals surface area contributed by atoms with Gasteiger partial charge in [0.2, 0.25) is 0 Å². The van der Waals surface area contributed by atoms with Gasteiger partial charge in [-0.1, -0.05) is 54.5 Å². The highest BCUT2D eigenvalue weighted by molar-refractivity contribution is 6.09. The van der Waals surface area contributed by atoms with Crippen molar-refractivity contribution in [3.8, 4) is 0 Å². The van der Waals surface area contributed by atoms with Crippen molar-refractivity contribution in [2.75, 3.05) is 6.61 Å². The van der Waals surface area contributed by atoms with Crippen LogP contribution in [-0.2, 0) is 28.7 Å². The Hall–Kier alpha value is -2.36. The van der Waals surface area contributed by atoms with Crippen molar-refractivity contribution in [2.24, 2.45) is 40.9 Å². The molecule has 2 saturated carbocycles. The van der Waals surface area contributed by atoms with E-state index in [1.54, 1.807) is 34.6 Å². The summed E-state index contributed by atoms with van der Waals surface area (Å²) in [5.41, 5.74) is -6.68. The number of esters is 2. The van der Waals surface area contributed by atoms with Crippen molar-refractivity contribution in [3.05, 3.63) is 23.3 Å². The van der Waals surface area contributed by atoms with Crippen LogP contribution in [0.4, 0.5) is 0 Å². The van der Waals surface area contributed by atoms with E-state index < -0.39 is 93.9 Å². The number of hydrogen-bond donors (Lipinski definition) is 3. The third-order valence-corrected chi connectivity index (χ3v) is 10.4. The van der Waals surface area contributed by atoms with Gasteiger partial charge in [0, 0.05) is 28.7 Å². The number of Topliss-reactive ketones (excluding diaryl/α,β-unsaturated/α-hetero) is 2. The molecule has 3 N–H and O–H groups in total. The molecule has 216 valence electrons. The van der Waals surface area contributed by atoms with E-state index in [1.807, 2.05) is 13.8 Å². The monoisotopic (exact) mass is 546 g/mol. The quantitative estimate of drug-likeness (QED) is 0.409. The molecule has 2 fully saturated rings. The molecular formula is C30H42O9. The molecule has 0 bridgehead atoms. The minimum absolute atomic E-state index is 0.188. The first-order valence-electron chi connectivity index (χ1n) is 14.0. The van der Waals surface area contributed by atoms with Crippen LogP contribution in [0.2, 0.25) is 0 Å². The number of hydrogen-bond acceptors (Lipinski definition) is 9. The van der Waals surface area contributed by atoms with Crippen molar-refractivity contribution in [2.45, 2.75) is 91.1 Å². The fraction of sp³-hybridized carbons (Fsp3) is 0.733. The fourth-order valence-corrected chi connectivity index (χ4v) is 7.50. The standard InChI is InChI=1S/C30H42O9/c1-9-14(3)25(34)38-24-17(6)29(37)19-11-16(5)23(33)28(19,36)12-18(13-31)21(32)20(29)22-27(7,8)30(22,24)39-26(35)15(4)10-2/h11-12,14-15,17,19-20,22,24,31,36-37H,9-10,13H2,1-8H3/t14-,15-,17+,19+,20-,22+,24+,28+,29-,30+/m0/s1. The molecule has 0 aliphatic heterocycles. The molecule has 0 amide bonds. The fourth-order valence-electron chi connectivity index (χ4n) is 7.50. The van der Waals surface area contributed by atoms with Gasteiger partial charge >= 0.3 is 11.9 Å². The predicted octanol–water partition coefficient (Wildman–Crippen LogP) is 2.30. The lowest BCUT2D eigenvalue weighted by molar-refractivity contribution is -0.232. The second-order valence-electron chi connectivity index (χ2n) is 12.7. The molecule has 0 spiro atoms. The molecule has 0 saturated heterocycles. The van der Waals surface area contributed by atoms with E-state index in [0.29, 0.717) is 12.8 Å². The molecule has 9 nitrogen and oxygen atoms in total. The van der Waals surface area contributed by atoms with Crippen LogP contribution in [0.15, 0.2) is 23.3 Å². The van der Waals surface area contributed by atoms with Crippen molar-refractivity contribution in [1.82, 2.24) is 0 Å². The van der Waals surface area contributed by atoms with Gasteiger partial charge in [0.15, 0.2) is 22.8 Å². The minimum atomic E-state index is -2.27. The Morgan fingerprint density at radius 3 is 2.15 bits per heavy atom. The van der Waals surface area contributed by atoms with E-state index in [2.05, 4.69) is 0 Å². The largest absolute Gasteiger partial charge is 0.457 e. The highest BCUT2D eigenvalue weighted by Gasteiger charge is 2.89. The molecule has 0 unspecified atom stereocenters. The van der Waals surface area contributed by atoms with Gasteiger partial charge in [0.25, 0.3) is 0 Å². The first-order valence-corrected chi connectivity index (χ1v) is 14.0. The highest BCUT2D eigenvalue weighted by atomic mass is 16.6. The maximum absolute atomic E-state index is 14.1. The number of fused-ring (bicyclic) bond motifs is 5. The number of ether oxygens (including phenoxy) is 2. The summed E-state index contributed by atoms with van der Waals surface area (Å²) in [6, 6.07) is 0. The first kappa shape index (κ1) is 29.6. The molecule has 4 aliphatic rings. The Balaban J connectivity index is 1.97. The van der Waals surface area contributed by atoms with Crippen molar-refractivity contribution < 1.29 is 44.0 Å². The molecule has 0 heterocycles. The Morgan fingerprint density at radius 1 is 1.05 bits per heavy atom. The molecule has 0 radical (unpaired) electrons. The maximum Gasteiger partial charge on any atom is 0.309 e. The summed E-state index contributed by atoms with van der Waals surface area (Å²) in [5.74, 6) is -7.63. The zero-order valence-corrected chi connectivity index (χ0v) is 24.1. The Kier molecular flexibility index (Phi) is 7.10. The van der Waals surface area contributed by atoms with E-state index >= 15 is 0 Å². The lowest BCUT2D eigenvalue weighted by Gasteiger charge is -2.52. The third kappa shape index (κ3) is 3.68. The summed E-state index contributed by atoms with van der Waals surface area (Å²) in [5, 5.41) is 34.5. The highest BCUT2D eigenvalue weighted by Crippen LogP contribution is 2.77. The number of aliphatic hydroxyl groups excluding tert-OH is 1.